The molecule has 3 aromatic carbocycles. The number of carbonyl (C=O) groups is 1. The van der Waals surface area contributed by atoms with Crippen LogP contribution in [0.5, 0.6) is 5.75 Å². The Morgan fingerprint density at radius 2 is 1.62 bits per heavy atom. The number of unbranched alkanes of at least 4 members (excludes halogenated alkanes) is 3. The topological polar surface area (TPSA) is 115 Å². The first kappa shape index (κ1) is 45.3. The van der Waals surface area contributed by atoms with Gasteiger partial charge in [0, 0.05) is 65.3 Å². The van der Waals surface area contributed by atoms with Gasteiger partial charge in [0.1, 0.15) is 18.1 Å². The van der Waals surface area contributed by atoms with E-state index in [4.69, 9.17) is 16.9 Å². The first-order chi connectivity index (χ1) is 28.7. The molecule has 0 saturated heterocycles. The fourth-order valence-electron chi connectivity index (χ4n) is 8.53. The summed E-state index contributed by atoms with van der Waals surface area (Å²) in [6.45, 7) is 10.7. The lowest BCUT2D eigenvalue weighted by atomic mass is 9.81. The molecule has 0 amide bonds. The van der Waals surface area contributed by atoms with Crippen molar-refractivity contribution in [1.82, 2.24) is 0 Å². The Bertz CT molecular complexity index is 2290. The first-order valence-electron chi connectivity index (χ1n) is 20.7. The predicted molar refractivity (Wildman–Crippen MR) is 239 cm³/mol. The van der Waals surface area contributed by atoms with Crippen LogP contribution in [0, 0.1) is 0 Å². The highest BCUT2D eigenvalue weighted by Crippen LogP contribution is 2.48. The van der Waals surface area contributed by atoms with Gasteiger partial charge >= 0.3 is 0 Å². The zero-order valence-corrected chi connectivity index (χ0v) is 36.9. The Morgan fingerprint density at radius 3 is 2.35 bits per heavy atom. The van der Waals surface area contributed by atoms with E-state index in [1.807, 2.05) is 0 Å². The second-order valence-electron chi connectivity index (χ2n) is 16.4. The van der Waals surface area contributed by atoms with Crippen LogP contribution in [-0.2, 0) is 40.0 Å². The number of anilines is 1. The maximum atomic E-state index is 11.9. The molecule has 0 atom stereocenters. The number of carbonyl (C=O) groups excluding carboxylic acids is 1. The minimum Gasteiger partial charge on any atom is -0.457 e. The third-order valence-corrected chi connectivity index (χ3v) is 13.1. The van der Waals surface area contributed by atoms with E-state index < -0.39 is 10.1 Å². The van der Waals surface area contributed by atoms with Crippen LogP contribution in [0.2, 0.25) is 0 Å². The number of hydrogen-bond acceptors (Lipinski definition) is 9. The molecule has 1 aliphatic carbocycles. The lowest BCUT2D eigenvalue weighted by Gasteiger charge is -2.27. The van der Waals surface area contributed by atoms with Crippen molar-refractivity contribution < 1.29 is 41.3 Å². The molecule has 0 saturated carbocycles. The zero-order chi connectivity index (χ0) is 42.9. The fourth-order valence-corrected chi connectivity index (χ4v) is 9.50. The van der Waals surface area contributed by atoms with Crippen LogP contribution < -0.4 is 9.64 Å². The predicted octanol–water partition coefficient (Wildman–Crippen LogP) is 10.2. The van der Waals surface area contributed by atoms with Crippen LogP contribution in [0.4, 0.5) is 11.4 Å². The van der Waals surface area contributed by atoms with Crippen LogP contribution in [0.25, 0.3) is 0 Å². The molecule has 0 spiro atoms. The molecule has 2 radical (unpaired) electrons. The van der Waals surface area contributed by atoms with Crippen LogP contribution in [0.3, 0.4) is 0 Å². The first-order valence-corrected chi connectivity index (χ1v) is 23.1. The van der Waals surface area contributed by atoms with Crippen LogP contribution >= 0.6 is 12.0 Å². The second kappa shape index (κ2) is 20.1. The summed E-state index contributed by atoms with van der Waals surface area (Å²) in [6, 6.07) is 23.0. The highest BCUT2D eigenvalue weighted by Gasteiger charge is 2.44. The smallest absolute Gasteiger partial charge is 0.294 e. The maximum Gasteiger partial charge on any atom is 0.294 e. The van der Waals surface area contributed by atoms with Gasteiger partial charge in [0.05, 0.1) is 23.1 Å². The molecule has 2 heterocycles. The number of para-hydroxylation sites is 2. The lowest BCUT2D eigenvalue weighted by molar-refractivity contribution is -0.447. The molecule has 316 valence electrons. The van der Waals surface area contributed by atoms with Gasteiger partial charge in [-0.2, -0.15) is 13.0 Å². The van der Waals surface area contributed by atoms with E-state index in [1.165, 1.54) is 65.2 Å². The van der Waals surface area contributed by atoms with Crippen molar-refractivity contribution in [2.75, 3.05) is 30.9 Å². The highest BCUT2D eigenvalue weighted by molar-refractivity contribution is 7.94. The number of hydrogen-bond donors (Lipinski definition) is 1. The molecule has 60 heavy (non-hydrogen) atoms. The Labute approximate surface area is 361 Å². The summed E-state index contributed by atoms with van der Waals surface area (Å²) in [5.41, 5.74) is 8.58. The molecule has 10 nitrogen and oxygen atoms in total. The van der Waals surface area contributed by atoms with Crippen molar-refractivity contribution in [2.45, 2.75) is 101 Å². The lowest BCUT2D eigenvalue weighted by Crippen LogP contribution is -2.28. The summed E-state index contributed by atoms with van der Waals surface area (Å²) in [6.07, 6.45) is 16.2. The van der Waals surface area contributed by atoms with Crippen molar-refractivity contribution in [3.63, 3.8) is 0 Å². The Morgan fingerprint density at radius 1 is 0.883 bits per heavy atom. The number of benzene rings is 3. The van der Waals surface area contributed by atoms with Gasteiger partial charge < -0.3 is 14.4 Å². The third-order valence-electron chi connectivity index (χ3n) is 11.6. The molecule has 0 fully saturated rings. The van der Waals surface area contributed by atoms with Crippen LogP contribution in [-0.4, -0.2) is 62.7 Å². The largest absolute Gasteiger partial charge is 0.457 e. The molecule has 1 N–H and O–H groups in total. The van der Waals surface area contributed by atoms with Gasteiger partial charge in [0.25, 0.3) is 10.1 Å². The quantitative estimate of drug-likeness (QED) is 0.0224. The van der Waals surface area contributed by atoms with E-state index in [2.05, 4.69) is 120 Å². The van der Waals surface area contributed by atoms with Gasteiger partial charge in [-0.1, -0.05) is 61.4 Å². The number of allylic oxidation sites excluding steroid dienone is 7. The molecule has 6 rings (SSSR count). The maximum absolute atomic E-state index is 11.9. The Hall–Kier alpha value is -4.24. The van der Waals surface area contributed by atoms with E-state index in [-0.39, 0.29) is 21.4 Å². The molecule has 0 bridgehead atoms. The molecule has 0 aromatic heterocycles. The molecule has 2 aliphatic heterocycles. The SMILES string of the molecule is [B]C(=O)CCCCC[N+]1=C(/C=C/C2=C(Oc3ccc(S(=O)(=O)O)cc3)C(=C/C=C3/N(CCCCSOOOC)c4ccccc4C3(C)C)/CCC2)C(C)(C)c2ccccc21. The number of ether oxygens (including phenoxy) is 1. The summed E-state index contributed by atoms with van der Waals surface area (Å²) in [5, 5.41) is 4.53. The van der Waals surface area contributed by atoms with E-state index in [9.17, 15) is 17.8 Å². The summed E-state index contributed by atoms with van der Waals surface area (Å²) in [7, 11) is 2.45. The molecule has 0 unspecified atom stereocenters. The van der Waals surface area contributed by atoms with Crippen LogP contribution in [0.15, 0.2) is 125 Å². The minimum atomic E-state index is -4.37. The van der Waals surface area contributed by atoms with Gasteiger partial charge in [-0.15, -0.1) is 4.33 Å². The average molecular weight is 852 g/mol. The number of nitrogens with zero attached hydrogens (tertiary/aromatic N) is 2. The van der Waals surface area contributed by atoms with Gasteiger partial charge in [-0.25, -0.2) is 4.89 Å². The van der Waals surface area contributed by atoms with E-state index in [0.29, 0.717) is 12.2 Å². The summed E-state index contributed by atoms with van der Waals surface area (Å²) in [5.74, 6) is 1.96. The van der Waals surface area contributed by atoms with E-state index in [1.54, 1.807) is 12.1 Å². The van der Waals surface area contributed by atoms with Gasteiger partial charge in [0.2, 0.25) is 5.69 Å². The van der Waals surface area contributed by atoms with Gasteiger partial charge in [-0.05, 0) is 124 Å². The highest BCUT2D eigenvalue weighted by atomic mass is 32.2. The molecular formula is C47H56BN2O8S2+. The average Bonchev–Trinajstić information content (AvgIpc) is 3.57. The summed E-state index contributed by atoms with van der Waals surface area (Å²) in [4.78, 5) is 18.1. The van der Waals surface area contributed by atoms with Crippen molar-refractivity contribution in [1.29, 1.82) is 0 Å². The van der Waals surface area contributed by atoms with Crippen molar-refractivity contribution in [3.8, 4) is 5.75 Å². The van der Waals surface area contributed by atoms with E-state index >= 15 is 0 Å². The summed E-state index contributed by atoms with van der Waals surface area (Å²) < 4.78 is 47.5. The molecule has 3 aliphatic rings. The Kier molecular flexibility index (Phi) is 15.2. The number of fused-ring (bicyclic) bond motifs is 2. The van der Waals surface area contributed by atoms with Crippen LogP contribution in [0.1, 0.15) is 96.6 Å². The molecule has 13 heteroatoms. The van der Waals surface area contributed by atoms with Crippen molar-refractivity contribution >= 4 is 52.8 Å². The normalized spacial score (nSPS) is 18.5. The summed E-state index contributed by atoms with van der Waals surface area (Å²) >= 11 is 1.22. The zero-order valence-electron chi connectivity index (χ0n) is 35.3. The van der Waals surface area contributed by atoms with E-state index in [0.717, 1.165) is 87.1 Å². The van der Waals surface area contributed by atoms with Gasteiger partial charge in [-0.3, -0.25) is 4.55 Å². The van der Waals surface area contributed by atoms with Crippen molar-refractivity contribution in [3.05, 3.63) is 131 Å². The second-order valence-corrected chi connectivity index (χ2v) is 18.6. The van der Waals surface area contributed by atoms with Gasteiger partial charge in [0.15, 0.2) is 13.6 Å². The standard InChI is InChI=1S/C47H55BN2O8S2/c1-46(2)38-18-8-10-20-40(38)49(31-12-6-7-22-44(48)51)42(46)29-23-34-16-15-17-35(45(34)56-36-25-27-37(28-26-36)60(52,53)54)24-30-43-47(3,4)39-19-9-11-21-41(39)50(43)32-13-14-33-59-58-57-55-5/h8-11,18-21,23-30H,6-7,12-17,22,31-33H2,1-5H3/p+1. The van der Waals surface area contributed by atoms with Crippen molar-refractivity contribution in [2.24, 2.45) is 0 Å². The Balaban J connectivity index is 1.38. The molecular weight excluding hydrogens is 795 g/mol. The molecule has 3 aromatic rings. The monoisotopic (exact) mass is 851 g/mol. The minimum absolute atomic E-state index is 0.195. The fraction of sp³-hybridized carbons (Fsp3) is 0.404. The number of rotatable bonds is 20. The third kappa shape index (κ3) is 10.6.